The maximum atomic E-state index is 14.0. The molecule has 8 nitrogen and oxygen atoms in total. The Morgan fingerprint density at radius 2 is 1.86 bits per heavy atom. The number of nitrogens with one attached hydrogen (secondary N) is 4. The van der Waals surface area contributed by atoms with Gasteiger partial charge in [-0.25, -0.2) is 4.98 Å². The van der Waals surface area contributed by atoms with Gasteiger partial charge in [-0.3, -0.25) is 9.99 Å². The monoisotopic (exact) mass is 592 g/mol. The van der Waals surface area contributed by atoms with Crippen LogP contribution in [0, 0.1) is 42.0 Å². The lowest BCUT2D eigenvalue weighted by atomic mass is 9.87. The van der Waals surface area contributed by atoms with E-state index in [0.29, 0.717) is 44.8 Å². The van der Waals surface area contributed by atoms with Gasteiger partial charge in [-0.15, -0.1) is 12.0 Å². The first-order valence-corrected chi connectivity index (χ1v) is 13.8. The summed E-state index contributed by atoms with van der Waals surface area (Å²) in [5.41, 5.74) is 6.91. The first-order valence-electron chi connectivity index (χ1n) is 13.8. The Labute approximate surface area is 247 Å². The second kappa shape index (κ2) is 10.6. The molecular weight excluding hydrogens is 560 g/mol. The Morgan fingerprint density at radius 1 is 1.14 bits per heavy atom. The van der Waals surface area contributed by atoms with Gasteiger partial charge in [0.05, 0.1) is 34.1 Å². The lowest BCUT2D eigenvalue weighted by Crippen LogP contribution is -2.52. The third-order valence-electron chi connectivity index (χ3n) is 8.23. The van der Waals surface area contributed by atoms with Crippen LogP contribution >= 0.6 is 0 Å². The molecule has 5 rings (SSSR count). The van der Waals surface area contributed by atoms with E-state index in [4.69, 9.17) is 6.42 Å². The fraction of sp³-hybridized carbons (Fsp3) is 0.387. The lowest BCUT2D eigenvalue weighted by Gasteiger charge is -2.30. The summed E-state index contributed by atoms with van der Waals surface area (Å²) in [6.07, 6.45) is 4.20. The number of fused-ring (bicyclic) bond motifs is 1. The molecule has 3 heterocycles. The van der Waals surface area contributed by atoms with E-state index in [2.05, 4.69) is 64.3 Å². The van der Waals surface area contributed by atoms with E-state index in [0.717, 1.165) is 5.01 Å². The van der Waals surface area contributed by atoms with Gasteiger partial charge in [-0.05, 0) is 50.3 Å². The zero-order chi connectivity index (χ0) is 31.3. The highest BCUT2D eigenvalue weighted by molar-refractivity contribution is 5.99. The Morgan fingerprint density at radius 3 is 2.44 bits per heavy atom. The normalized spacial score (nSPS) is 17.4. The van der Waals surface area contributed by atoms with E-state index in [1.165, 1.54) is 18.3 Å². The molecule has 1 aromatic carbocycles. The Hall–Kier alpha value is -4.55. The minimum atomic E-state index is -4.45. The highest BCUT2D eigenvalue weighted by Crippen LogP contribution is 2.53. The van der Waals surface area contributed by atoms with Gasteiger partial charge in [-0.1, -0.05) is 32.8 Å². The molecule has 1 fully saturated rings. The molecule has 2 aliphatic rings. The van der Waals surface area contributed by atoms with E-state index in [1.54, 1.807) is 25.3 Å². The zero-order valence-corrected chi connectivity index (χ0v) is 24.4. The molecule has 224 valence electrons. The predicted octanol–water partition coefficient (Wildman–Crippen LogP) is 6.19. The van der Waals surface area contributed by atoms with Crippen molar-refractivity contribution in [1.29, 1.82) is 5.26 Å². The number of nitriles is 1. The third kappa shape index (κ3) is 5.51. The number of rotatable bonds is 7. The number of benzene rings is 1. The van der Waals surface area contributed by atoms with Gasteiger partial charge in [0.2, 0.25) is 5.95 Å². The van der Waals surface area contributed by atoms with Gasteiger partial charge in [0.1, 0.15) is 6.07 Å². The number of aryl methyl sites for hydroxylation is 1. The molecule has 4 N–H and O–H groups in total. The number of hydrogen-bond donors (Lipinski definition) is 4. The SMILES string of the molecule is C#Cc1cnc2c(C#N)cc(N[C@H](C3=CN(C4(C(F)(F)F)CC4)NN3)c3ccc(F)nc3C)cc2c1N[C@H](C)C(C)(C)C. The molecule has 1 saturated carbocycles. The standard InChI is InChI=1S/C31H32F4N8/c1-7-19-15-37-26-20(14-36)12-21(13-23(26)27(19)39-18(3)29(4,5)6)40-28(22-8-9-25(32)38-17(22)2)24-16-43(42-41-24)30(10-11-30)31(33,34)35/h1,8-9,12-13,15-16,18,28,40-42H,10-11H2,2-6H3,(H,37,39)/t18-,28+/m1/s1. The summed E-state index contributed by atoms with van der Waals surface area (Å²) in [7, 11) is 0. The van der Waals surface area contributed by atoms with E-state index in [9.17, 15) is 22.8 Å². The van der Waals surface area contributed by atoms with Crippen LogP contribution < -0.4 is 21.6 Å². The Balaban J connectivity index is 1.63. The predicted molar refractivity (Wildman–Crippen MR) is 156 cm³/mol. The van der Waals surface area contributed by atoms with E-state index in [1.807, 2.05) is 6.92 Å². The molecule has 0 spiro atoms. The molecular formula is C31H32F4N8. The van der Waals surface area contributed by atoms with Crippen molar-refractivity contribution in [3.63, 3.8) is 0 Å². The van der Waals surface area contributed by atoms with E-state index >= 15 is 0 Å². The number of halogens is 4. The number of alkyl halides is 3. The van der Waals surface area contributed by atoms with Crippen LogP contribution in [0.15, 0.2) is 42.4 Å². The smallest absolute Gasteiger partial charge is 0.380 e. The molecule has 2 atom stereocenters. The Kier molecular flexibility index (Phi) is 7.39. The minimum Gasteiger partial charge on any atom is -0.380 e. The fourth-order valence-corrected chi connectivity index (χ4v) is 4.99. The van der Waals surface area contributed by atoms with Crippen molar-refractivity contribution >= 4 is 22.3 Å². The molecule has 12 heteroatoms. The van der Waals surface area contributed by atoms with Crippen LogP contribution in [-0.4, -0.2) is 32.7 Å². The van der Waals surface area contributed by atoms with Gasteiger partial charge in [0.25, 0.3) is 0 Å². The summed E-state index contributed by atoms with van der Waals surface area (Å²) in [4.78, 5) is 8.40. The van der Waals surface area contributed by atoms with Gasteiger partial charge < -0.3 is 16.1 Å². The summed E-state index contributed by atoms with van der Waals surface area (Å²) in [5, 5.41) is 18.5. The molecule has 1 aliphatic heterocycles. The second-order valence-electron chi connectivity index (χ2n) is 12.1. The van der Waals surface area contributed by atoms with Crippen molar-refractivity contribution in [3.05, 3.63) is 70.7 Å². The van der Waals surface area contributed by atoms with Crippen molar-refractivity contribution in [2.75, 3.05) is 10.6 Å². The average molecular weight is 593 g/mol. The first-order chi connectivity index (χ1) is 20.2. The number of hydrazine groups is 2. The third-order valence-corrected chi connectivity index (χ3v) is 8.23. The summed E-state index contributed by atoms with van der Waals surface area (Å²) < 4.78 is 55.6. The van der Waals surface area contributed by atoms with Gasteiger partial charge in [0, 0.05) is 40.8 Å². The maximum absolute atomic E-state index is 14.0. The average Bonchev–Trinajstić information content (AvgIpc) is 3.62. The molecule has 0 amide bonds. The minimum absolute atomic E-state index is 0.0127. The molecule has 1 aliphatic carbocycles. The maximum Gasteiger partial charge on any atom is 0.413 e. The van der Waals surface area contributed by atoms with Crippen molar-refractivity contribution in [1.82, 2.24) is 25.9 Å². The number of nitrogens with zero attached hydrogens (tertiary/aromatic N) is 4. The molecule has 2 aromatic heterocycles. The first kappa shape index (κ1) is 29.9. The van der Waals surface area contributed by atoms with Gasteiger partial charge in [0.15, 0.2) is 5.54 Å². The van der Waals surface area contributed by atoms with Crippen LogP contribution in [0.5, 0.6) is 0 Å². The summed E-state index contributed by atoms with van der Waals surface area (Å²) >= 11 is 0. The van der Waals surface area contributed by atoms with Crippen LogP contribution in [-0.2, 0) is 0 Å². The Bertz CT molecular complexity index is 1690. The number of terminal acetylenes is 1. The molecule has 0 bridgehead atoms. The van der Waals surface area contributed by atoms with E-state index in [-0.39, 0.29) is 29.9 Å². The largest absolute Gasteiger partial charge is 0.413 e. The molecule has 0 radical (unpaired) electrons. The van der Waals surface area contributed by atoms with Crippen LogP contribution in [0.25, 0.3) is 10.9 Å². The highest BCUT2D eigenvalue weighted by atomic mass is 19.4. The van der Waals surface area contributed by atoms with Crippen molar-refractivity contribution < 1.29 is 17.6 Å². The zero-order valence-electron chi connectivity index (χ0n) is 24.4. The number of aromatic nitrogens is 2. The second-order valence-corrected chi connectivity index (χ2v) is 12.1. The summed E-state index contributed by atoms with van der Waals surface area (Å²) in [6.45, 7) is 9.91. The number of anilines is 2. The fourth-order valence-electron chi connectivity index (χ4n) is 4.99. The van der Waals surface area contributed by atoms with Gasteiger partial charge >= 0.3 is 6.18 Å². The summed E-state index contributed by atoms with van der Waals surface area (Å²) in [6, 6.07) is 7.50. The molecule has 0 unspecified atom stereocenters. The van der Waals surface area contributed by atoms with Crippen LogP contribution in [0.4, 0.5) is 28.9 Å². The van der Waals surface area contributed by atoms with Crippen LogP contribution in [0.2, 0.25) is 0 Å². The molecule has 43 heavy (non-hydrogen) atoms. The summed E-state index contributed by atoms with van der Waals surface area (Å²) in [5.74, 6) is 1.98. The van der Waals surface area contributed by atoms with Crippen molar-refractivity contribution in [3.8, 4) is 18.4 Å². The van der Waals surface area contributed by atoms with Gasteiger partial charge in [-0.2, -0.15) is 22.8 Å². The van der Waals surface area contributed by atoms with Crippen LogP contribution in [0.1, 0.15) is 69.0 Å². The van der Waals surface area contributed by atoms with Crippen molar-refractivity contribution in [2.24, 2.45) is 5.41 Å². The van der Waals surface area contributed by atoms with Crippen molar-refractivity contribution in [2.45, 2.75) is 71.3 Å². The lowest BCUT2D eigenvalue weighted by molar-refractivity contribution is -0.195. The van der Waals surface area contributed by atoms with Crippen LogP contribution in [0.3, 0.4) is 0 Å². The number of pyridine rings is 2. The topological polar surface area (TPSA) is 101 Å². The quantitative estimate of drug-likeness (QED) is 0.146. The molecule has 0 saturated heterocycles. The highest BCUT2D eigenvalue weighted by Gasteiger charge is 2.67. The number of hydrogen-bond acceptors (Lipinski definition) is 8. The van der Waals surface area contributed by atoms with E-state index < -0.39 is 23.7 Å². The molecule has 3 aromatic rings.